The molecular weight excluding hydrogens is 795 g/mol. The molecule has 7 N–H and O–H groups in total. The third-order valence-electron chi connectivity index (χ3n) is 13.6. The van der Waals surface area contributed by atoms with Gasteiger partial charge in [0.05, 0.1) is 25.4 Å². The molecule has 10 heteroatoms. The van der Waals surface area contributed by atoms with Crippen molar-refractivity contribution in [2.24, 2.45) is 0 Å². The molecule has 0 aromatic carbocycles. The highest BCUT2D eigenvalue weighted by Gasteiger charge is 2.44. The number of aliphatic hydroxyl groups excluding tert-OH is 6. The summed E-state index contributed by atoms with van der Waals surface area (Å²) in [7, 11) is 0. The summed E-state index contributed by atoms with van der Waals surface area (Å²) in [6.45, 7) is 3.65. The van der Waals surface area contributed by atoms with Crippen LogP contribution in [0.4, 0.5) is 0 Å². The number of aliphatic hydroxyl groups is 6. The first-order valence-corrected chi connectivity index (χ1v) is 27.3. The molecule has 1 aliphatic rings. The minimum Gasteiger partial charge on any atom is -0.394 e. The van der Waals surface area contributed by atoms with Crippen LogP contribution in [-0.2, 0) is 14.3 Å². The van der Waals surface area contributed by atoms with Crippen LogP contribution in [0.5, 0.6) is 0 Å². The van der Waals surface area contributed by atoms with Gasteiger partial charge in [-0.25, -0.2) is 0 Å². The Bertz CT molecular complexity index is 973. The second-order valence-electron chi connectivity index (χ2n) is 19.5. The third kappa shape index (κ3) is 33.3. The summed E-state index contributed by atoms with van der Waals surface area (Å²) in [5.74, 6) is -0.251. The van der Waals surface area contributed by atoms with E-state index in [0.29, 0.717) is 6.42 Å². The molecule has 0 spiro atoms. The standard InChI is InChI=1S/C53H105NO9/c1-3-5-7-9-11-13-15-17-19-21-22-23-24-25-26-28-30-32-34-36-38-40-42-48(57)54-45(44-62-53-52(61)51(60)50(59)47(43-55)63-53)49(58)46(56)41-39-37-35-33-31-29-27-20-18-16-14-12-10-8-6-4-2/h45-47,49-53,55-56,58-61H,3-44H2,1-2H3,(H,54,57)/t45-,46+,47+,49-,50+,51?,52?,53+/m0/s1. The second kappa shape index (κ2) is 43.7. The van der Waals surface area contributed by atoms with Gasteiger partial charge in [-0.1, -0.05) is 251 Å². The number of nitrogens with one attached hydrogen (secondary N) is 1. The molecule has 1 aliphatic heterocycles. The zero-order chi connectivity index (χ0) is 46.0. The molecule has 0 aliphatic carbocycles. The van der Waals surface area contributed by atoms with Crippen molar-refractivity contribution < 1.29 is 44.9 Å². The van der Waals surface area contributed by atoms with Gasteiger partial charge in [0.25, 0.3) is 0 Å². The topological polar surface area (TPSA) is 169 Å². The summed E-state index contributed by atoms with van der Waals surface area (Å²) in [6, 6.07) is -0.986. The predicted octanol–water partition coefficient (Wildman–Crippen LogP) is 11.7. The molecule has 0 aromatic rings. The van der Waals surface area contributed by atoms with E-state index < -0.39 is 55.6 Å². The van der Waals surface area contributed by atoms with Crippen molar-refractivity contribution >= 4 is 5.91 Å². The SMILES string of the molecule is CCCCCCCCCCCCCCCCCCCCCCCCC(=O)N[C@@H](CO[C@@H]1O[C@H](CO)[C@@H](O)C(O)C1O)[C@H](O)[C@H](O)CCCCCCCCCCCCCCCCCC. The Balaban J connectivity index is 2.27. The molecule has 1 fully saturated rings. The number of carbonyl (C=O) groups excluding carboxylic acids is 1. The van der Waals surface area contributed by atoms with E-state index >= 15 is 0 Å². The van der Waals surface area contributed by atoms with Crippen molar-refractivity contribution in [2.45, 2.75) is 320 Å². The summed E-state index contributed by atoms with van der Waals surface area (Å²) in [6.07, 6.45) is 39.7. The van der Waals surface area contributed by atoms with Crippen LogP contribution in [-0.4, -0.2) is 98.7 Å². The van der Waals surface area contributed by atoms with Gasteiger partial charge < -0.3 is 45.4 Å². The molecule has 1 saturated heterocycles. The normalized spacial score (nSPS) is 20.5. The summed E-state index contributed by atoms with van der Waals surface area (Å²) in [5.41, 5.74) is 0. The van der Waals surface area contributed by atoms with Crippen LogP contribution in [0, 0.1) is 0 Å². The van der Waals surface area contributed by atoms with Crippen LogP contribution in [0.25, 0.3) is 0 Å². The van der Waals surface area contributed by atoms with E-state index in [2.05, 4.69) is 19.2 Å². The molecule has 1 rings (SSSR count). The van der Waals surface area contributed by atoms with Crippen LogP contribution in [0.3, 0.4) is 0 Å². The fourth-order valence-corrected chi connectivity index (χ4v) is 9.14. The molecular formula is C53H105NO9. The largest absolute Gasteiger partial charge is 0.394 e. The van der Waals surface area contributed by atoms with E-state index in [0.717, 1.165) is 38.5 Å². The number of hydrogen-bond acceptors (Lipinski definition) is 9. The monoisotopic (exact) mass is 900 g/mol. The second-order valence-corrected chi connectivity index (χ2v) is 19.5. The first-order chi connectivity index (χ1) is 30.8. The number of ether oxygens (including phenoxy) is 2. The van der Waals surface area contributed by atoms with E-state index in [1.54, 1.807) is 0 Å². The van der Waals surface area contributed by atoms with Crippen LogP contribution < -0.4 is 5.32 Å². The van der Waals surface area contributed by atoms with Crippen molar-refractivity contribution in [1.82, 2.24) is 5.32 Å². The number of hydrogen-bond donors (Lipinski definition) is 7. The summed E-state index contributed by atoms with van der Waals surface area (Å²) >= 11 is 0. The molecule has 10 nitrogen and oxygen atoms in total. The Labute approximate surface area is 387 Å². The van der Waals surface area contributed by atoms with Crippen molar-refractivity contribution in [3.8, 4) is 0 Å². The number of carbonyl (C=O) groups is 1. The van der Waals surface area contributed by atoms with Crippen LogP contribution in [0.1, 0.15) is 271 Å². The molecule has 63 heavy (non-hydrogen) atoms. The average molecular weight is 900 g/mol. The molecule has 376 valence electrons. The van der Waals surface area contributed by atoms with E-state index in [1.807, 2.05) is 0 Å². The Morgan fingerprint density at radius 2 is 0.825 bits per heavy atom. The molecule has 0 aromatic heterocycles. The smallest absolute Gasteiger partial charge is 0.220 e. The van der Waals surface area contributed by atoms with Gasteiger partial charge >= 0.3 is 0 Å². The lowest BCUT2D eigenvalue weighted by Gasteiger charge is -2.40. The molecule has 0 radical (unpaired) electrons. The van der Waals surface area contributed by atoms with Crippen LogP contribution in [0.15, 0.2) is 0 Å². The number of unbranched alkanes of at least 4 members (excludes halogenated alkanes) is 36. The maximum atomic E-state index is 13.1. The Morgan fingerprint density at radius 3 is 1.17 bits per heavy atom. The Kier molecular flexibility index (Phi) is 41.7. The van der Waals surface area contributed by atoms with E-state index in [4.69, 9.17) is 9.47 Å². The van der Waals surface area contributed by atoms with Gasteiger partial charge in [0, 0.05) is 6.42 Å². The molecule has 0 saturated carbocycles. The van der Waals surface area contributed by atoms with E-state index in [9.17, 15) is 35.4 Å². The van der Waals surface area contributed by atoms with E-state index in [-0.39, 0.29) is 18.9 Å². The fourth-order valence-electron chi connectivity index (χ4n) is 9.14. The highest BCUT2D eigenvalue weighted by molar-refractivity contribution is 5.76. The third-order valence-corrected chi connectivity index (χ3v) is 13.6. The zero-order valence-electron chi connectivity index (χ0n) is 41.2. The molecule has 1 heterocycles. The van der Waals surface area contributed by atoms with E-state index in [1.165, 1.54) is 205 Å². The lowest BCUT2D eigenvalue weighted by molar-refractivity contribution is -0.303. The van der Waals surface area contributed by atoms with Crippen molar-refractivity contribution in [2.75, 3.05) is 13.2 Å². The zero-order valence-corrected chi connectivity index (χ0v) is 41.2. The van der Waals surface area contributed by atoms with Crippen LogP contribution in [0.2, 0.25) is 0 Å². The van der Waals surface area contributed by atoms with Gasteiger partial charge in [0.15, 0.2) is 6.29 Å². The first kappa shape index (κ1) is 60.2. The minimum atomic E-state index is -1.60. The van der Waals surface area contributed by atoms with Gasteiger partial charge in [-0.2, -0.15) is 0 Å². The summed E-state index contributed by atoms with van der Waals surface area (Å²) < 4.78 is 11.2. The predicted molar refractivity (Wildman–Crippen MR) is 260 cm³/mol. The average Bonchev–Trinajstić information content (AvgIpc) is 3.28. The summed E-state index contributed by atoms with van der Waals surface area (Å²) in [5, 5.41) is 65.5. The maximum absolute atomic E-state index is 13.1. The highest BCUT2D eigenvalue weighted by Crippen LogP contribution is 2.23. The molecule has 0 bridgehead atoms. The lowest BCUT2D eigenvalue weighted by atomic mass is 9.98. The van der Waals surface area contributed by atoms with Crippen molar-refractivity contribution in [3.05, 3.63) is 0 Å². The number of rotatable bonds is 47. The molecule has 1 amide bonds. The van der Waals surface area contributed by atoms with Gasteiger partial charge in [0.1, 0.15) is 30.5 Å². The van der Waals surface area contributed by atoms with Crippen molar-refractivity contribution in [3.63, 3.8) is 0 Å². The maximum Gasteiger partial charge on any atom is 0.220 e. The first-order valence-electron chi connectivity index (χ1n) is 27.3. The van der Waals surface area contributed by atoms with Gasteiger partial charge in [-0.05, 0) is 12.8 Å². The highest BCUT2D eigenvalue weighted by atomic mass is 16.7. The summed E-state index contributed by atoms with van der Waals surface area (Å²) in [4.78, 5) is 13.1. The molecule has 8 atom stereocenters. The van der Waals surface area contributed by atoms with Crippen LogP contribution >= 0.6 is 0 Å². The van der Waals surface area contributed by atoms with Gasteiger partial charge in [0.2, 0.25) is 5.91 Å². The quantitative estimate of drug-likeness (QED) is 0.0294. The fraction of sp³-hybridized carbons (Fsp3) is 0.981. The number of amides is 1. The van der Waals surface area contributed by atoms with Gasteiger partial charge in [-0.15, -0.1) is 0 Å². The Morgan fingerprint density at radius 1 is 0.492 bits per heavy atom. The molecule has 2 unspecified atom stereocenters. The minimum absolute atomic E-state index is 0.251. The Hall–Kier alpha value is -0.850. The van der Waals surface area contributed by atoms with Gasteiger partial charge in [-0.3, -0.25) is 4.79 Å². The lowest BCUT2D eigenvalue weighted by Crippen LogP contribution is -2.60. The van der Waals surface area contributed by atoms with Crippen molar-refractivity contribution in [1.29, 1.82) is 0 Å².